The first kappa shape index (κ1) is 16.1. The standard InChI is InChI=1S/C19H24N4O2/c1-25-16-6-4-15-5-7-17(18(15)9-16)19(24)22-8-2-3-14(10-22)11-23-13-20-12-21-23/h4,6,9,12-14,17H,2-3,5,7-8,10-11H2,1H3/t14-,17-/m0/s1. The van der Waals surface area contributed by atoms with E-state index in [2.05, 4.69) is 21.0 Å². The maximum Gasteiger partial charge on any atom is 0.230 e. The highest BCUT2D eigenvalue weighted by Crippen LogP contribution is 2.37. The van der Waals surface area contributed by atoms with Crippen LogP contribution in [-0.4, -0.2) is 45.8 Å². The summed E-state index contributed by atoms with van der Waals surface area (Å²) < 4.78 is 7.22. The molecule has 1 aromatic heterocycles. The van der Waals surface area contributed by atoms with Gasteiger partial charge in [0.15, 0.2) is 0 Å². The molecule has 0 N–H and O–H groups in total. The van der Waals surface area contributed by atoms with Crippen molar-refractivity contribution in [2.75, 3.05) is 20.2 Å². The van der Waals surface area contributed by atoms with Crippen molar-refractivity contribution in [3.05, 3.63) is 42.0 Å². The molecule has 1 saturated heterocycles. The van der Waals surface area contributed by atoms with Crippen LogP contribution in [0, 0.1) is 5.92 Å². The van der Waals surface area contributed by atoms with Gasteiger partial charge in [0.25, 0.3) is 0 Å². The van der Waals surface area contributed by atoms with Crippen LogP contribution in [0.2, 0.25) is 0 Å². The SMILES string of the molecule is COc1ccc2c(c1)[C@@H](C(=O)N1CCC[C@H](Cn3cncn3)C1)CC2. The molecule has 2 aliphatic rings. The molecule has 1 aliphatic heterocycles. The van der Waals surface area contributed by atoms with E-state index < -0.39 is 0 Å². The predicted octanol–water partition coefficient (Wildman–Crippen LogP) is 2.26. The Labute approximate surface area is 147 Å². The van der Waals surface area contributed by atoms with Crippen molar-refractivity contribution in [1.82, 2.24) is 19.7 Å². The van der Waals surface area contributed by atoms with Gasteiger partial charge < -0.3 is 9.64 Å². The molecule has 2 atom stereocenters. The van der Waals surface area contributed by atoms with Gasteiger partial charge in [-0.2, -0.15) is 5.10 Å². The number of amides is 1. The summed E-state index contributed by atoms with van der Waals surface area (Å²) in [7, 11) is 1.67. The van der Waals surface area contributed by atoms with Gasteiger partial charge in [0, 0.05) is 19.6 Å². The number of methoxy groups -OCH3 is 1. The third-order valence-corrected chi connectivity index (χ3v) is 5.47. The van der Waals surface area contributed by atoms with E-state index in [4.69, 9.17) is 4.74 Å². The molecule has 0 spiro atoms. The third kappa shape index (κ3) is 3.25. The number of hydrogen-bond acceptors (Lipinski definition) is 4. The fourth-order valence-corrected chi connectivity index (χ4v) is 4.19. The lowest BCUT2D eigenvalue weighted by molar-refractivity contribution is -0.134. The fraction of sp³-hybridized carbons (Fsp3) is 0.526. The number of ether oxygens (including phenoxy) is 1. The summed E-state index contributed by atoms with van der Waals surface area (Å²) in [6, 6.07) is 6.13. The lowest BCUT2D eigenvalue weighted by Gasteiger charge is -2.34. The van der Waals surface area contributed by atoms with Crippen LogP contribution in [-0.2, 0) is 17.8 Å². The van der Waals surface area contributed by atoms with Crippen LogP contribution >= 0.6 is 0 Å². The van der Waals surface area contributed by atoms with Crippen LogP contribution in [0.5, 0.6) is 5.75 Å². The molecule has 0 unspecified atom stereocenters. The van der Waals surface area contributed by atoms with Gasteiger partial charge in [0.2, 0.25) is 5.91 Å². The number of hydrogen-bond donors (Lipinski definition) is 0. The number of rotatable bonds is 4. The first-order valence-electron chi connectivity index (χ1n) is 9.02. The zero-order valence-electron chi connectivity index (χ0n) is 14.6. The molecule has 1 amide bonds. The molecule has 4 rings (SSSR count). The number of fused-ring (bicyclic) bond motifs is 1. The first-order chi connectivity index (χ1) is 12.2. The lowest BCUT2D eigenvalue weighted by Crippen LogP contribution is -2.43. The summed E-state index contributed by atoms with van der Waals surface area (Å²) in [6.45, 7) is 2.51. The zero-order chi connectivity index (χ0) is 17.2. The summed E-state index contributed by atoms with van der Waals surface area (Å²) in [5.41, 5.74) is 2.44. The van der Waals surface area contributed by atoms with Crippen LogP contribution in [0.15, 0.2) is 30.9 Å². The van der Waals surface area contributed by atoms with E-state index in [1.165, 1.54) is 5.56 Å². The monoisotopic (exact) mass is 340 g/mol. The van der Waals surface area contributed by atoms with Crippen molar-refractivity contribution in [3.8, 4) is 5.75 Å². The number of benzene rings is 1. The van der Waals surface area contributed by atoms with Crippen LogP contribution < -0.4 is 4.74 Å². The number of piperidine rings is 1. The molecular formula is C19H24N4O2. The van der Waals surface area contributed by atoms with Crippen LogP contribution in [0.1, 0.15) is 36.3 Å². The topological polar surface area (TPSA) is 60.2 Å². The molecule has 2 heterocycles. The van der Waals surface area contributed by atoms with Gasteiger partial charge in [0.1, 0.15) is 18.4 Å². The average molecular weight is 340 g/mol. The van der Waals surface area contributed by atoms with E-state index in [9.17, 15) is 4.79 Å². The van der Waals surface area contributed by atoms with Crippen LogP contribution in [0.3, 0.4) is 0 Å². The van der Waals surface area contributed by atoms with Gasteiger partial charge in [-0.05, 0) is 54.9 Å². The summed E-state index contributed by atoms with van der Waals surface area (Å²) in [6.07, 6.45) is 7.40. The van der Waals surface area contributed by atoms with Crippen molar-refractivity contribution in [1.29, 1.82) is 0 Å². The Bertz CT molecular complexity index is 744. The minimum absolute atomic E-state index is 0.0183. The first-order valence-corrected chi connectivity index (χ1v) is 9.02. The van der Waals surface area contributed by atoms with Gasteiger partial charge in [-0.25, -0.2) is 4.98 Å². The Balaban J connectivity index is 1.46. The summed E-state index contributed by atoms with van der Waals surface area (Å²) in [5, 5.41) is 4.19. The maximum absolute atomic E-state index is 13.2. The Hall–Kier alpha value is -2.37. The maximum atomic E-state index is 13.2. The van der Waals surface area contributed by atoms with Crippen molar-refractivity contribution in [2.24, 2.45) is 5.92 Å². The molecule has 0 bridgehead atoms. The molecule has 1 aromatic carbocycles. The lowest BCUT2D eigenvalue weighted by atomic mass is 9.94. The van der Waals surface area contributed by atoms with Crippen molar-refractivity contribution < 1.29 is 9.53 Å². The number of aromatic nitrogens is 3. The summed E-state index contributed by atoms with van der Waals surface area (Å²) in [4.78, 5) is 19.2. The highest BCUT2D eigenvalue weighted by molar-refractivity contribution is 5.85. The molecule has 6 nitrogen and oxygen atoms in total. The van der Waals surface area contributed by atoms with E-state index in [0.717, 1.165) is 56.6 Å². The van der Waals surface area contributed by atoms with Gasteiger partial charge in [0.05, 0.1) is 13.0 Å². The van der Waals surface area contributed by atoms with Crippen molar-refractivity contribution >= 4 is 5.91 Å². The van der Waals surface area contributed by atoms with E-state index in [1.807, 2.05) is 16.8 Å². The molecule has 1 fully saturated rings. The Morgan fingerprint density at radius 1 is 1.36 bits per heavy atom. The second kappa shape index (κ2) is 6.86. The van der Waals surface area contributed by atoms with Crippen molar-refractivity contribution in [3.63, 3.8) is 0 Å². The number of aryl methyl sites for hydroxylation is 1. The smallest absolute Gasteiger partial charge is 0.230 e. The minimum Gasteiger partial charge on any atom is -0.497 e. The van der Waals surface area contributed by atoms with E-state index >= 15 is 0 Å². The van der Waals surface area contributed by atoms with Gasteiger partial charge in [-0.1, -0.05) is 6.07 Å². The fourth-order valence-electron chi connectivity index (χ4n) is 4.19. The van der Waals surface area contributed by atoms with Crippen LogP contribution in [0.4, 0.5) is 0 Å². The highest BCUT2D eigenvalue weighted by Gasteiger charge is 2.34. The molecule has 6 heteroatoms. The van der Waals surface area contributed by atoms with E-state index in [-0.39, 0.29) is 11.8 Å². The second-order valence-corrected chi connectivity index (χ2v) is 7.07. The van der Waals surface area contributed by atoms with Gasteiger partial charge >= 0.3 is 0 Å². The highest BCUT2D eigenvalue weighted by atomic mass is 16.5. The normalized spacial score (nSPS) is 22.7. The molecule has 1 aliphatic carbocycles. The van der Waals surface area contributed by atoms with Gasteiger partial charge in [-0.15, -0.1) is 0 Å². The summed E-state index contributed by atoms with van der Waals surface area (Å²) in [5.74, 6) is 1.54. The minimum atomic E-state index is -0.0183. The number of carbonyl (C=O) groups is 1. The number of carbonyl (C=O) groups excluding carboxylic acids is 1. The number of likely N-dealkylation sites (tertiary alicyclic amines) is 1. The second-order valence-electron chi connectivity index (χ2n) is 7.07. The predicted molar refractivity (Wildman–Crippen MR) is 93.4 cm³/mol. The Morgan fingerprint density at radius 2 is 2.28 bits per heavy atom. The molecular weight excluding hydrogens is 316 g/mol. The Morgan fingerprint density at radius 3 is 3.08 bits per heavy atom. The molecule has 0 radical (unpaired) electrons. The van der Waals surface area contributed by atoms with Crippen molar-refractivity contribution in [2.45, 2.75) is 38.1 Å². The molecule has 25 heavy (non-hydrogen) atoms. The van der Waals surface area contributed by atoms with Gasteiger partial charge in [-0.3, -0.25) is 9.48 Å². The molecule has 2 aromatic rings. The largest absolute Gasteiger partial charge is 0.497 e. The van der Waals surface area contributed by atoms with E-state index in [1.54, 1.807) is 19.8 Å². The molecule has 132 valence electrons. The average Bonchev–Trinajstić information content (AvgIpc) is 3.30. The third-order valence-electron chi connectivity index (χ3n) is 5.47. The van der Waals surface area contributed by atoms with E-state index in [0.29, 0.717) is 5.92 Å². The quantitative estimate of drug-likeness (QED) is 0.856. The molecule has 0 saturated carbocycles. The number of nitrogens with zero attached hydrogens (tertiary/aromatic N) is 4. The summed E-state index contributed by atoms with van der Waals surface area (Å²) >= 11 is 0. The Kier molecular flexibility index (Phi) is 4.42. The van der Waals surface area contributed by atoms with Crippen LogP contribution in [0.25, 0.3) is 0 Å². The zero-order valence-corrected chi connectivity index (χ0v) is 14.6.